The Hall–Kier alpha value is -3.06. The Morgan fingerprint density at radius 2 is 1.58 bits per heavy atom. The predicted octanol–water partition coefficient (Wildman–Crippen LogP) is 3.25. The molecule has 0 bridgehead atoms. The first kappa shape index (κ1) is 21.2. The number of hydrogen-bond donors (Lipinski definition) is 1. The van der Waals surface area contributed by atoms with Gasteiger partial charge in [0.15, 0.2) is 0 Å². The minimum absolute atomic E-state index is 0.0255. The number of nitrogens with one attached hydrogen (secondary N) is 1. The Bertz CT molecular complexity index is 962. The molecule has 3 aromatic rings. The van der Waals surface area contributed by atoms with Crippen LogP contribution in [-0.4, -0.2) is 54.4 Å². The number of para-hydroxylation sites is 1. The molecule has 2 aromatic carbocycles. The van der Waals surface area contributed by atoms with E-state index in [9.17, 15) is 4.79 Å². The summed E-state index contributed by atoms with van der Waals surface area (Å²) in [4.78, 5) is 25.6. The quantitative estimate of drug-likeness (QED) is 0.435. The summed E-state index contributed by atoms with van der Waals surface area (Å²) in [5, 5.41) is 3.81. The monoisotopic (exact) mass is 433 g/mol. The fourth-order valence-corrected chi connectivity index (χ4v) is 4.29. The average Bonchev–Trinajstić information content (AvgIpc) is 2.84. The predicted molar refractivity (Wildman–Crippen MR) is 127 cm³/mol. The second kappa shape index (κ2) is 10.8. The zero-order valence-corrected chi connectivity index (χ0v) is 18.3. The number of hydrogen-bond acceptors (Lipinski definition) is 6. The van der Waals surface area contributed by atoms with Gasteiger partial charge in [-0.05, 0) is 24.1 Å². The van der Waals surface area contributed by atoms with Crippen molar-refractivity contribution in [1.29, 1.82) is 0 Å². The molecule has 1 aliphatic heterocycles. The fourth-order valence-electron chi connectivity index (χ4n) is 3.60. The normalized spacial score (nSPS) is 13.8. The highest BCUT2D eigenvalue weighted by atomic mass is 32.2. The van der Waals surface area contributed by atoms with Crippen LogP contribution < -0.4 is 15.1 Å². The number of amides is 1. The summed E-state index contributed by atoms with van der Waals surface area (Å²) < 4.78 is 0. The van der Waals surface area contributed by atoms with Gasteiger partial charge < -0.3 is 15.1 Å². The number of anilines is 2. The van der Waals surface area contributed by atoms with Crippen molar-refractivity contribution in [1.82, 2.24) is 15.3 Å². The van der Waals surface area contributed by atoms with Gasteiger partial charge in [0.2, 0.25) is 5.91 Å². The Morgan fingerprint density at radius 1 is 0.903 bits per heavy atom. The van der Waals surface area contributed by atoms with Gasteiger partial charge in [0.25, 0.3) is 0 Å². The van der Waals surface area contributed by atoms with Gasteiger partial charge in [-0.1, -0.05) is 60.3 Å². The molecule has 2 heterocycles. The summed E-state index contributed by atoms with van der Waals surface area (Å²) in [6.45, 7) is 4.39. The largest absolute Gasteiger partial charge is 0.368 e. The van der Waals surface area contributed by atoms with Gasteiger partial charge in [0, 0.05) is 44.5 Å². The first-order chi connectivity index (χ1) is 15.3. The topological polar surface area (TPSA) is 61.4 Å². The van der Waals surface area contributed by atoms with Gasteiger partial charge in [0.1, 0.15) is 17.2 Å². The molecule has 0 radical (unpaired) electrons. The molecule has 160 valence electrons. The molecule has 1 aliphatic rings. The second-order valence-corrected chi connectivity index (χ2v) is 8.39. The van der Waals surface area contributed by atoms with Gasteiger partial charge >= 0.3 is 0 Å². The number of benzene rings is 2. The molecule has 0 atom stereocenters. The number of piperazine rings is 1. The van der Waals surface area contributed by atoms with Crippen LogP contribution in [0, 0.1) is 0 Å². The van der Waals surface area contributed by atoms with Gasteiger partial charge in [-0.25, -0.2) is 9.97 Å². The first-order valence-electron chi connectivity index (χ1n) is 10.6. The molecule has 1 N–H and O–H groups in total. The molecule has 6 nitrogen and oxygen atoms in total. The second-order valence-electron chi connectivity index (χ2n) is 7.40. The molecule has 31 heavy (non-hydrogen) atoms. The molecule has 0 unspecified atom stereocenters. The van der Waals surface area contributed by atoms with Crippen molar-refractivity contribution in [3.63, 3.8) is 0 Å². The van der Waals surface area contributed by atoms with Gasteiger partial charge in [-0.15, -0.1) is 0 Å². The lowest BCUT2D eigenvalue weighted by Gasteiger charge is -2.36. The van der Waals surface area contributed by atoms with Crippen molar-refractivity contribution in [2.45, 2.75) is 11.4 Å². The van der Waals surface area contributed by atoms with Crippen molar-refractivity contribution in [2.75, 3.05) is 48.3 Å². The van der Waals surface area contributed by atoms with Crippen molar-refractivity contribution >= 4 is 29.2 Å². The highest BCUT2D eigenvalue weighted by molar-refractivity contribution is 7.99. The van der Waals surface area contributed by atoms with Crippen LogP contribution in [0.25, 0.3) is 0 Å². The molecule has 4 rings (SSSR count). The van der Waals surface area contributed by atoms with Gasteiger partial charge in [-0.3, -0.25) is 4.79 Å². The van der Waals surface area contributed by atoms with E-state index in [0.717, 1.165) is 43.4 Å². The van der Waals surface area contributed by atoms with E-state index in [1.807, 2.05) is 30.3 Å². The summed E-state index contributed by atoms with van der Waals surface area (Å²) in [6, 6.07) is 22.7. The summed E-state index contributed by atoms with van der Waals surface area (Å²) in [6.07, 6.45) is 2.43. The van der Waals surface area contributed by atoms with E-state index in [-0.39, 0.29) is 5.91 Å². The first-order valence-corrected chi connectivity index (χ1v) is 11.6. The molecule has 0 saturated carbocycles. The molecular weight excluding hydrogens is 406 g/mol. The zero-order valence-electron chi connectivity index (χ0n) is 17.5. The molecule has 1 amide bonds. The van der Waals surface area contributed by atoms with E-state index in [4.69, 9.17) is 0 Å². The van der Waals surface area contributed by atoms with E-state index in [1.165, 1.54) is 23.0 Å². The number of aromatic nitrogens is 2. The standard InChI is InChI=1S/C24H27N5OS/c30-23(25-12-11-20-7-3-1-4-8-20)18-31-24-17-22(26-19-27-24)29-15-13-28(14-16-29)21-9-5-2-6-10-21/h1-10,17,19H,11-16,18H2,(H,25,30). The molecule has 1 saturated heterocycles. The van der Waals surface area contributed by atoms with E-state index < -0.39 is 0 Å². The van der Waals surface area contributed by atoms with Crippen LogP contribution in [0.2, 0.25) is 0 Å². The van der Waals surface area contributed by atoms with E-state index in [2.05, 4.69) is 61.5 Å². The number of carbonyl (C=O) groups excluding carboxylic acids is 1. The van der Waals surface area contributed by atoms with Crippen LogP contribution in [0.15, 0.2) is 78.1 Å². The minimum Gasteiger partial charge on any atom is -0.368 e. The third-order valence-electron chi connectivity index (χ3n) is 5.28. The van der Waals surface area contributed by atoms with E-state index in [1.54, 1.807) is 6.33 Å². The highest BCUT2D eigenvalue weighted by Gasteiger charge is 2.18. The number of rotatable bonds is 8. The Kier molecular flexibility index (Phi) is 7.39. The van der Waals surface area contributed by atoms with Gasteiger partial charge in [0.05, 0.1) is 5.75 Å². The number of nitrogens with zero attached hydrogens (tertiary/aromatic N) is 4. The van der Waals surface area contributed by atoms with Crippen LogP contribution >= 0.6 is 11.8 Å². The highest BCUT2D eigenvalue weighted by Crippen LogP contribution is 2.22. The molecule has 0 aliphatic carbocycles. The van der Waals surface area contributed by atoms with Gasteiger partial charge in [-0.2, -0.15) is 0 Å². The van der Waals surface area contributed by atoms with E-state index >= 15 is 0 Å². The molecule has 7 heteroatoms. The lowest BCUT2D eigenvalue weighted by atomic mass is 10.1. The van der Waals surface area contributed by atoms with Crippen LogP contribution in [0.1, 0.15) is 5.56 Å². The maximum Gasteiger partial charge on any atom is 0.230 e. The van der Waals surface area contributed by atoms with Crippen molar-refractivity contribution in [3.8, 4) is 0 Å². The molecular formula is C24H27N5OS. The van der Waals surface area contributed by atoms with Crippen LogP contribution in [0.3, 0.4) is 0 Å². The molecule has 1 fully saturated rings. The summed E-state index contributed by atoms with van der Waals surface area (Å²) in [7, 11) is 0. The Labute approximate surface area is 187 Å². The maximum atomic E-state index is 12.2. The van der Waals surface area contributed by atoms with Crippen molar-refractivity contribution < 1.29 is 4.79 Å². The number of thioether (sulfide) groups is 1. The Balaban J connectivity index is 1.22. The average molecular weight is 434 g/mol. The lowest BCUT2D eigenvalue weighted by Crippen LogP contribution is -2.46. The third-order valence-corrected chi connectivity index (χ3v) is 6.21. The van der Waals surface area contributed by atoms with Crippen LogP contribution in [-0.2, 0) is 11.2 Å². The van der Waals surface area contributed by atoms with Crippen LogP contribution in [0.5, 0.6) is 0 Å². The van der Waals surface area contributed by atoms with Crippen molar-refractivity contribution in [3.05, 3.63) is 78.6 Å². The van der Waals surface area contributed by atoms with E-state index in [0.29, 0.717) is 12.3 Å². The summed E-state index contributed by atoms with van der Waals surface area (Å²) >= 11 is 1.45. The van der Waals surface area contributed by atoms with Crippen molar-refractivity contribution in [2.24, 2.45) is 0 Å². The van der Waals surface area contributed by atoms with Crippen LogP contribution in [0.4, 0.5) is 11.5 Å². The maximum absolute atomic E-state index is 12.2. The Morgan fingerprint density at radius 3 is 2.32 bits per heavy atom. The summed E-state index contributed by atoms with van der Waals surface area (Å²) in [5.74, 6) is 1.31. The lowest BCUT2D eigenvalue weighted by molar-refractivity contribution is -0.118. The SMILES string of the molecule is O=C(CSc1cc(N2CCN(c3ccccc3)CC2)ncn1)NCCc1ccccc1. The minimum atomic E-state index is 0.0255. The number of carbonyl (C=O) groups is 1. The smallest absolute Gasteiger partial charge is 0.230 e. The fraction of sp³-hybridized carbons (Fsp3) is 0.292. The molecule has 0 spiro atoms. The summed E-state index contributed by atoms with van der Waals surface area (Å²) in [5.41, 5.74) is 2.49. The third kappa shape index (κ3) is 6.21. The zero-order chi connectivity index (χ0) is 21.3. The molecule has 1 aromatic heterocycles.